The van der Waals surface area contributed by atoms with E-state index in [9.17, 15) is 14.6 Å². The molecule has 2 aliphatic rings. The molecule has 3 heterocycles. The van der Waals surface area contributed by atoms with Crippen molar-refractivity contribution in [2.24, 2.45) is 0 Å². The Labute approximate surface area is 179 Å². The van der Waals surface area contributed by atoms with E-state index in [-0.39, 0.29) is 5.82 Å². The van der Waals surface area contributed by atoms with Crippen molar-refractivity contribution < 1.29 is 19.3 Å². The van der Waals surface area contributed by atoms with E-state index in [0.29, 0.717) is 41.4 Å². The monoisotopic (exact) mass is 427 g/mol. The molecule has 1 saturated carbocycles. The highest BCUT2D eigenvalue weighted by molar-refractivity contribution is 5.82. The van der Waals surface area contributed by atoms with Gasteiger partial charge in [-0.15, -0.1) is 0 Å². The third-order valence-electron chi connectivity index (χ3n) is 6.32. The molecular formula is C22H26FN5O3. The molecule has 5 rings (SSSR count). The van der Waals surface area contributed by atoms with Crippen molar-refractivity contribution in [3.63, 3.8) is 0 Å². The van der Waals surface area contributed by atoms with Crippen molar-refractivity contribution in [2.45, 2.75) is 69.1 Å². The minimum absolute atomic E-state index is 0.285. The smallest absolute Gasteiger partial charge is 0.167 e. The molecule has 31 heavy (non-hydrogen) atoms. The summed E-state index contributed by atoms with van der Waals surface area (Å²) in [4.78, 5) is 13.1. The summed E-state index contributed by atoms with van der Waals surface area (Å²) in [5.41, 5.74) is 1.69. The first-order valence-electron chi connectivity index (χ1n) is 10.8. The Balaban J connectivity index is 1.34. The summed E-state index contributed by atoms with van der Waals surface area (Å²) >= 11 is 0. The zero-order chi connectivity index (χ0) is 21.4. The molecule has 0 unspecified atom stereocenters. The van der Waals surface area contributed by atoms with E-state index in [0.717, 1.165) is 12.8 Å². The maximum atomic E-state index is 13.9. The minimum atomic E-state index is -1.15. The fraction of sp³-hybridized carbons (Fsp3) is 0.500. The van der Waals surface area contributed by atoms with Gasteiger partial charge >= 0.3 is 0 Å². The van der Waals surface area contributed by atoms with Crippen molar-refractivity contribution in [2.75, 3.05) is 5.32 Å². The first-order chi connectivity index (χ1) is 15.1. The van der Waals surface area contributed by atoms with Crippen LogP contribution in [0.2, 0.25) is 0 Å². The van der Waals surface area contributed by atoms with Crippen LogP contribution < -0.4 is 5.32 Å². The number of rotatable bonds is 6. The van der Waals surface area contributed by atoms with E-state index in [4.69, 9.17) is 4.74 Å². The fourth-order valence-electron chi connectivity index (χ4n) is 4.60. The number of fused-ring (bicyclic) bond motifs is 1. The Hall–Kier alpha value is -2.62. The van der Waals surface area contributed by atoms with Gasteiger partial charge in [0.2, 0.25) is 0 Å². The molecule has 164 valence electrons. The lowest BCUT2D eigenvalue weighted by Crippen LogP contribution is -2.31. The van der Waals surface area contributed by atoms with E-state index in [1.165, 1.54) is 25.2 Å². The van der Waals surface area contributed by atoms with Crippen molar-refractivity contribution >= 4 is 17.0 Å². The third kappa shape index (κ3) is 3.88. The van der Waals surface area contributed by atoms with Crippen molar-refractivity contribution in [1.82, 2.24) is 19.5 Å². The molecule has 1 saturated heterocycles. The van der Waals surface area contributed by atoms with Gasteiger partial charge < -0.3 is 20.3 Å². The van der Waals surface area contributed by atoms with E-state index in [2.05, 4.69) is 20.3 Å². The van der Waals surface area contributed by atoms with Crippen LogP contribution in [0.1, 0.15) is 43.9 Å². The van der Waals surface area contributed by atoms with Crippen molar-refractivity contribution in [3.05, 3.63) is 48.3 Å². The Kier molecular flexibility index (Phi) is 5.56. The number of hydrogen-bond donors (Lipinski definition) is 3. The van der Waals surface area contributed by atoms with Gasteiger partial charge in [-0.1, -0.05) is 31.0 Å². The summed E-state index contributed by atoms with van der Waals surface area (Å²) in [5.74, 6) is 0.381. The summed E-state index contributed by atoms with van der Waals surface area (Å²) in [5, 5.41) is 24.6. The summed E-state index contributed by atoms with van der Waals surface area (Å²) in [6.45, 7) is 0. The zero-order valence-electron chi connectivity index (χ0n) is 17.1. The topological polar surface area (TPSA) is 105 Å². The van der Waals surface area contributed by atoms with Gasteiger partial charge in [0.15, 0.2) is 23.2 Å². The minimum Gasteiger partial charge on any atom is -0.388 e. The maximum Gasteiger partial charge on any atom is 0.167 e. The lowest BCUT2D eigenvalue weighted by molar-refractivity contribution is -0.0368. The number of anilines is 1. The first kappa shape index (κ1) is 20.3. The Bertz CT molecular complexity index is 1050. The maximum absolute atomic E-state index is 13.9. The number of aliphatic hydroxyl groups is 2. The third-order valence-corrected chi connectivity index (χ3v) is 6.32. The summed E-state index contributed by atoms with van der Waals surface area (Å²) in [7, 11) is 0. The fourth-order valence-corrected chi connectivity index (χ4v) is 4.60. The second kappa shape index (κ2) is 8.49. The van der Waals surface area contributed by atoms with Crippen LogP contribution in [-0.4, -0.2) is 54.1 Å². The standard InChI is InChI=1S/C22H26FN5O3/c23-15-8-4-1-5-13(15)9-10-16-18(29)19(30)22(31-16)28-12-26-17-20(24-11-25-21(17)28)27-14-6-2-3-7-14/h1,4-5,8,11-12,14,16,18-19,22,29-30H,2-3,6-7,9-10H2,(H,24,25,27)/t16-,18-,19-,22-/m1/s1. The van der Waals surface area contributed by atoms with Gasteiger partial charge in [0, 0.05) is 6.04 Å². The summed E-state index contributed by atoms with van der Waals surface area (Å²) in [6, 6.07) is 6.91. The van der Waals surface area contributed by atoms with Gasteiger partial charge in [-0.3, -0.25) is 4.57 Å². The number of ether oxygens (including phenoxy) is 1. The highest BCUT2D eigenvalue weighted by Gasteiger charge is 2.44. The molecular weight excluding hydrogens is 401 g/mol. The van der Waals surface area contributed by atoms with Crippen LogP contribution >= 0.6 is 0 Å². The molecule has 2 fully saturated rings. The lowest BCUT2D eigenvalue weighted by atomic mass is 10.0. The molecule has 0 bridgehead atoms. The zero-order valence-corrected chi connectivity index (χ0v) is 17.1. The molecule has 0 spiro atoms. The average Bonchev–Trinajstić information content (AvgIpc) is 3.50. The molecule has 1 aliphatic carbocycles. The van der Waals surface area contributed by atoms with Gasteiger partial charge in [0.25, 0.3) is 0 Å². The Morgan fingerprint density at radius 2 is 1.90 bits per heavy atom. The molecule has 2 aromatic heterocycles. The number of halogens is 1. The number of aryl methyl sites for hydroxylation is 1. The SMILES string of the molecule is O[C@@H]1[C@H](O)[C@@H](CCc2ccccc2F)O[C@H]1n1cnc2c(NC3CCCC3)ncnc21. The second-order valence-electron chi connectivity index (χ2n) is 8.35. The predicted molar refractivity (Wildman–Crippen MR) is 112 cm³/mol. The van der Waals surface area contributed by atoms with E-state index in [1.54, 1.807) is 29.1 Å². The van der Waals surface area contributed by atoms with Gasteiger partial charge in [0.05, 0.1) is 12.4 Å². The quantitative estimate of drug-likeness (QED) is 0.555. The first-order valence-corrected chi connectivity index (χ1v) is 10.8. The number of nitrogens with one attached hydrogen (secondary N) is 1. The predicted octanol–water partition coefficient (Wildman–Crippen LogP) is 2.57. The molecule has 1 aliphatic heterocycles. The molecule has 0 amide bonds. The van der Waals surface area contributed by atoms with Crippen LogP contribution in [0.15, 0.2) is 36.9 Å². The van der Waals surface area contributed by atoms with E-state index < -0.39 is 24.5 Å². The number of benzene rings is 1. The highest BCUT2D eigenvalue weighted by Crippen LogP contribution is 2.34. The van der Waals surface area contributed by atoms with E-state index >= 15 is 0 Å². The summed E-state index contributed by atoms with van der Waals surface area (Å²) < 4.78 is 21.5. The van der Waals surface area contributed by atoms with Crippen LogP contribution in [0, 0.1) is 5.82 Å². The number of imidazole rings is 1. The van der Waals surface area contributed by atoms with Crippen LogP contribution in [0.4, 0.5) is 10.2 Å². The molecule has 3 N–H and O–H groups in total. The average molecular weight is 427 g/mol. The van der Waals surface area contributed by atoms with Gasteiger partial charge in [-0.25, -0.2) is 19.3 Å². The largest absolute Gasteiger partial charge is 0.388 e. The number of aromatic nitrogens is 4. The number of nitrogens with zero attached hydrogens (tertiary/aromatic N) is 4. The molecule has 8 nitrogen and oxygen atoms in total. The molecule has 1 aromatic carbocycles. The van der Waals surface area contributed by atoms with Crippen LogP contribution in [-0.2, 0) is 11.2 Å². The molecule has 4 atom stereocenters. The van der Waals surface area contributed by atoms with Gasteiger partial charge in [-0.2, -0.15) is 0 Å². The normalized spacial score (nSPS) is 26.7. The molecule has 9 heteroatoms. The molecule has 0 radical (unpaired) electrons. The number of hydrogen-bond acceptors (Lipinski definition) is 7. The van der Waals surface area contributed by atoms with Crippen LogP contribution in [0.5, 0.6) is 0 Å². The Morgan fingerprint density at radius 1 is 1.10 bits per heavy atom. The summed E-state index contributed by atoms with van der Waals surface area (Å²) in [6.07, 6.45) is 4.71. The van der Waals surface area contributed by atoms with Crippen molar-refractivity contribution in [3.8, 4) is 0 Å². The van der Waals surface area contributed by atoms with Crippen molar-refractivity contribution in [1.29, 1.82) is 0 Å². The van der Waals surface area contributed by atoms with E-state index in [1.807, 2.05) is 0 Å². The highest BCUT2D eigenvalue weighted by atomic mass is 19.1. The molecule has 3 aromatic rings. The van der Waals surface area contributed by atoms with Gasteiger partial charge in [-0.05, 0) is 37.3 Å². The van der Waals surface area contributed by atoms with Crippen LogP contribution in [0.3, 0.4) is 0 Å². The van der Waals surface area contributed by atoms with Crippen LogP contribution in [0.25, 0.3) is 11.2 Å². The second-order valence-corrected chi connectivity index (χ2v) is 8.35. The van der Waals surface area contributed by atoms with Gasteiger partial charge in [0.1, 0.15) is 24.4 Å². The number of aliphatic hydroxyl groups excluding tert-OH is 2. The Morgan fingerprint density at radius 3 is 2.71 bits per heavy atom. The lowest BCUT2D eigenvalue weighted by Gasteiger charge is -2.17.